The minimum absolute atomic E-state index is 0.260. The van der Waals surface area contributed by atoms with Gasteiger partial charge in [0.2, 0.25) is 5.91 Å². The number of benzene rings is 1. The van der Waals surface area contributed by atoms with E-state index < -0.39 is 17.8 Å². The number of aryl methyl sites for hydroxylation is 1. The number of nitrogens with zero attached hydrogens (tertiary/aromatic N) is 4. The first-order valence-corrected chi connectivity index (χ1v) is 6.95. The van der Waals surface area contributed by atoms with E-state index in [1.54, 1.807) is 29.8 Å². The van der Waals surface area contributed by atoms with Gasteiger partial charge in [-0.05, 0) is 48.4 Å². The summed E-state index contributed by atoms with van der Waals surface area (Å²) in [6.07, 6.45) is 1.16. The molecule has 1 heterocycles. The van der Waals surface area contributed by atoms with Crippen LogP contribution in [0.15, 0.2) is 24.3 Å². The molecular formula is C14H15N5O3. The molecule has 2 N–H and O–H groups in total. The van der Waals surface area contributed by atoms with Crippen molar-refractivity contribution in [2.45, 2.75) is 19.8 Å². The van der Waals surface area contributed by atoms with Crippen molar-refractivity contribution in [1.82, 2.24) is 20.2 Å². The molecule has 8 nitrogen and oxygen atoms in total. The molecule has 1 aromatic carbocycles. The van der Waals surface area contributed by atoms with Gasteiger partial charge in [0.05, 0.1) is 17.5 Å². The highest BCUT2D eigenvalue weighted by Crippen LogP contribution is 2.35. The highest BCUT2D eigenvalue weighted by atomic mass is 16.4. The van der Waals surface area contributed by atoms with Crippen molar-refractivity contribution >= 4 is 17.6 Å². The van der Waals surface area contributed by atoms with Crippen molar-refractivity contribution in [3.63, 3.8) is 0 Å². The summed E-state index contributed by atoms with van der Waals surface area (Å²) in [6.45, 7) is 1.77. The van der Waals surface area contributed by atoms with E-state index in [1.807, 2.05) is 6.07 Å². The zero-order valence-electron chi connectivity index (χ0n) is 11.9. The molecule has 0 saturated heterocycles. The number of aromatic nitrogens is 4. The van der Waals surface area contributed by atoms with Gasteiger partial charge >= 0.3 is 5.97 Å². The maximum Gasteiger partial charge on any atom is 0.307 e. The maximum atomic E-state index is 12.2. The summed E-state index contributed by atoms with van der Waals surface area (Å²) in [6, 6.07) is 7.09. The first-order valence-electron chi connectivity index (χ1n) is 6.95. The molecule has 1 amide bonds. The van der Waals surface area contributed by atoms with E-state index in [2.05, 4.69) is 20.8 Å². The third-order valence-electron chi connectivity index (χ3n) is 3.91. The normalized spacial score (nSPS) is 20.2. The number of aliphatic carboxylic acids is 1. The van der Waals surface area contributed by atoms with Crippen LogP contribution in [0.3, 0.4) is 0 Å². The summed E-state index contributed by atoms with van der Waals surface area (Å²) < 4.78 is 1.55. The Hall–Kier alpha value is -2.77. The number of hydrogen-bond donors (Lipinski definition) is 2. The molecule has 1 aliphatic rings. The summed E-state index contributed by atoms with van der Waals surface area (Å²) in [5.74, 6) is -1.58. The average Bonchev–Trinajstić information content (AvgIpc) is 2.83. The van der Waals surface area contributed by atoms with Gasteiger partial charge in [0.15, 0.2) is 5.82 Å². The van der Waals surface area contributed by atoms with E-state index in [-0.39, 0.29) is 5.91 Å². The molecule has 114 valence electrons. The lowest BCUT2D eigenvalue weighted by atomic mass is 9.73. The number of carbonyl (C=O) groups is 2. The number of rotatable bonds is 4. The van der Waals surface area contributed by atoms with Gasteiger partial charge in [-0.2, -0.15) is 4.68 Å². The molecule has 0 radical (unpaired) electrons. The number of hydrogen-bond acceptors (Lipinski definition) is 5. The number of carboxylic acids is 1. The van der Waals surface area contributed by atoms with Crippen LogP contribution in [0.2, 0.25) is 0 Å². The number of tetrazole rings is 1. The van der Waals surface area contributed by atoms with Gasteiger partial charge in [-0.3, -0.25) is 9.59 Å². The van der Waals surface area contributed by atoms with Crippen LogP contribution in [0.25, 0.3) is 5.69 Å². The van der Waals surface area contributed by atoms with Crippen molar-refractivity contribution in [3.8, 4) is 5.69 Å². The Balaban J connectivity index is 1.75. The Morgan fingerprint density at radius 2 is 2.09 bits per heavy atom. The van der Waals surface area contributed by atoms with Gasteiger partial charge < -0.3 is 10.4 Å². The monoisotopic (exact) mass is 301 g/mol. The standard InChI is InChI=1S/C14H15N5O3/c1-8-16-17-18-19(8)10-4-2-3-9(7-10)15-13(20)11-5-6-12(11)14(21)22/h2-4,7,11-12H,5-6H2,1H3,(H,15,20)(H,21,22). The molecule has 3 rings (SSSR count). The Bertz CT molecular complexity index is 727. The zero-order valence-corrected chi connectivity index (χ0v) is 11.9. The fourth-order valence-electron chi connectivity index (χ4n) is 2.53. The van der Waals surface area contributed by atoms with Gasteiger partial charge in [0.25, 0.3) is 0 Å². The maximum absolute atomic E-state index is 12.2. The topological polar surface area (TPSA) is 110 Å². The van der Waals surface area contributed by atoms with E-state index in [0.29, 0.717) is 24.4 Å². The molecule has 1 aromatic heterocycles. The molecule has 2 atom stereocenters. The lowest BCUT2D eigenvalue weighted by Crippen LogP contribution is -2.41. The molecule has 0 bridgehead atoms. The molecule has 1 aliphatic carbocycles. The van der Waals surface area contributed by atoms with E-state index in [9.17, 15) is 9.59 Å². The number of nitrogens with one attached hydrogen (secondary N) is 1. The van der Waals surface area contributed by atoms with Crippen LogP contribution in [0, 0.1) is 18.8 Å². The molecule has 0 aliphatic heterocycles. The molecular weight excluding hydrogens is 286 g/mol. The second kappa shape index (κ2) is 5.55. The van der Waals surface area contributed by atoms with Gasteiger partial charge in [-0.15, -0.1) is 5.10 Å². The average molecular weight is 301 g/mol. The fourth-order valence-corrected chi connectivity index (χ4v) is 2.53. The van der Waals surface area contributed by atoms with Crippen LogP contribution in [0.1, 0.15) is 18.7 Å². The van der Waals surface area contributed by atoms with Gasteiger partial charge in [-0.1, -0.05) is 6.07 Å². The van der Waals surface area contributed by atoms with Crippen LogP contribution in [-0.4, -0.2) is 37.2 Å². The van der Waals surface area contributed by atoms with Gasteiger partial charge in [-0.25, -0.2) is 0 Å². The first kappa shape index (κ1) is 14.2. The molecule has 1 saturated carbocycles. The van der Waals surface area contributed by atoms with Crippen molar-refractivity contribution in [1.29, 1.82) is 0 Å². The third kappa shape index (κ3) is 2.54. The molecule has 1 fully saturated rings. The second-order valence-corrected chi connectivity index (χ2v) is 5.31. The van der Waals surface area contributed by atoms with Crippen LogP contribution in [-0.2, 0) is 9.59 Å². The Labute approximate surface area is 126 Å². The van der Waals surface area contributed by atoms with E-state index in [4.69, 9.17) is 5.11 Å². The Morgan fingerprint density at radius 3 is 2.68 bits per heavy atom. The van der Waals surface area contributed by atoms with E-state index in [0.717, 1.165) is 5.69 Å². The molecule has 8 heteroatoms. The summed E-state index contributed by atoms with van der Waals surface area (Å²) >= 11 is 0. The fraction of sp³-hybridized carbons (Fsp3) is 0.357. The molecule has 22 heavy (non-hydrogen) atoms. The summed E-state index contributed by atoms with van der Waals surface area (Å²) in [5, 5.41) is 23.0. The highest BCUT2D eigenvalue weighted by molar-refractivity contribution is 5.96. The predicted molar refractivity (Wildman–Crippen MR) is 76.4 cm³/mol. The number of carbonyl (C=O) groups excluding carboxylic acids is 1. The molecule has 2 unspecified atom stereocenters. The number of anilines is 1. The van der Waals surface area contributed by atoms with Crippen LogP contribution in [0.4, 0.5) is 5.69 Å². The van der Waals surface area contributed by atoms with Gasteiger partial charge in [0, 0.05) is 5.69 Å². The van der Waals surface area contributed by atoms with E-state index in [1.165, 1.54) is 0 Å². The van der Waals surface area contributed by atoms with Crippen molar-refractivity contribution in [2.75, 3.05) is 5.32 Å². The highest BCUT2D eigenvalue weighted by Gasteiger charge is 2.41. The van der Waals surface area contributed by atoms with Crippen molar-refractivity contribution < 1.29 is 14.7 Å². The number of carboxylic acid groups (broad SMARTS) is 1. The van der Waals surface area contributed by atoms with Crippen molar-refractivity contribution in [2.24, 2.45) is 11.8 Å². The molecule has 2 aromatic rings. The first-order chi connectivity index (χ1) is 10.6. The molecule has 0 spiro atoms. The Kier molecular flexibility index (Phi) is 3.58. The third-order valence-corrected chi connectivity index (χ3v) is 3.91. The minimum Gasteiger partial charge on any atom is -0.481 e. The SMILES string of the molecule is Cc1nnnn1-c1cccc(NC(=O)C2CCC2C(=O)O)c1. The lowest BCUT2D eigenvalue weighted by molar-refractivity contribution is -0.151. The quantitative estimate of drug-likeness (QED) is 0.872. The zero-order chi connectivity index (χ0) is 15.7. The van der Waals surface area contributed by atoms with Crippen molar-refractivity contribution in [3.05, 3.63) is 30.1 Å². The van der Waals surface area contributed by atoms with E-state index >= 15 is 0 Å². The lowest BCUT2D eigenvalue weighted by Gasteiger charge is -2.31. The summed E-state index contributed by atoms with van der Waals surface area (Å²) in [4.78, 5) is 23.1. The Morgan fingerprint density at radius 1 is 1.32 bits per heavy atom. The largest absolute Gasteiger partial charge is 0.481 e. The van der Waals surface area contributed by atoms with Crippen LogP contribution < -0.4 is 5.32 Å². The van der Waals surface area contributed by atoms with Crippen LogP contribution >= 0.6 is 0 Å². The minimum atomic E-state index is -0.913. The summed E-state index contributed by atoms with van der Waals surface area (Å²) in [7, 11) is 0. The van der Waals surface area contributed by atoms with Crippen LogP contribution in [0.5, 0.6) is 0 Å². The number of amides is 1. The predicted octanol–water partition coefficient (Wildman–Crippen LogP) is 1.02. The smallest absolute Gasteiger partial charge is 0.307 e. The second-order valence-electron chi connectivity index (χ2n) is 5.31. The summed E-state index contributed by atoms with van der Waals surface area (Å²) in [5.41, 5.74) is 1.32. The van der Waals surface area contributed by atoms with Gasteiger partial charge in [0.1, 0.15) is 0 Å².